The summed E-state index contributed by atoms with van der Waals surface area (Å²) in [7, 11) is 0. The van der Waals surface area contributed by atoms with Gasteiger partial charge in [-0.25, -0.2) is 0 Å². The van der Waals surface area contributed by atoms with Gasteiger partial charge < -0.3 is 4.98 Å². The second kappa shape index (κ2) is 2.22. The number of aliphatic imine (C=N–C) groups is 1. The highest BCUT2D eigenvalue weighted by molar-refractivity contribution is 5.82. The van der Waals surface area contributed by atoms with Gasteiger partial charge in [-0.15, -0.1) is 0 Å². The summed E-state index contributed by atoms with van der Waals surface area (Å²) in [5.74, 6) is 0. The van der Waals surface area contributed by atoms with Gasteiger partial charge in [-0.1, -0.05) is 0 Å². The molecule has 1 aliphatic heterocycles. The number of hydrogen-bond acceptors (Lipinski definition) is 1. The molecule has 2 heterocycles. The molecule has 0 aliphatic carbocycles. The van der Waals surface area contributed by atoms with E-state index in [1.165, 1.54) is 17.0 Å². The van der Waals surface area contributed by atoms with E-state index in [4.69, 9.17) is 0 Å². The molecule has 58 valence electrons. The minimum Gasteiger partial charge on any atom is -0.362 e. The summed E-state index contributed by atoms with van der Waals surface area (Å²) < 4.78 is 0. The van der Waals surface area contributed by atoms with Crippen molar-refractivity contribution in [2.24, 2.45) is 4.99 Å². The molecule has 0 fully saturated rings. The summed E-state index contributed by atoms with van der Waals surface area (Å²) in [6.45, 7) is 4.21. The second-order valence-corrected chi connectivity index (χ2v) is 3.22. The van der Waals surface area contributed by atoms with E-state index in [1.807, 2.05) is 6.21 Å². The van der Waals surface area contributed by atoms with Gasteiger partial charge in [-0.2, -0.15) is 0 Å². The van der Waals surface area contributed by atoms with Gasteiger partial charge in [0.1, 0.15) is 0 Å². The lowest BCUT2D eigenvalue weighted by Crippen LogP contribution is -2.10. The molecule has 1 unspecified atom stereocenters. The van der Waals surface area contributed by atoms with Crippen molar-refractivity contribution in [3.63, 3.8) is 0 Å². The third-order valence-corrected chi connectivity index (χ3v) is 2.04. The molecule has 1 atom stereocenters. The number of aromatic nitrogens is 1. The van der Waals surface area contributed by atoms with Crippen molar-refractivity contribution in [2.75, 3.05) is 0 Å². The first-order valence-corrected chi connectivity index (χ1v) is 3.97. The highest BCUT2D eigenvalue weighted by atomic mass is 14.8. The smallest absolute Gasteiger partial charge is 0.0526 e. The van der Waals surface area contributed by atoms with Crippen molar-refractivity contribution in [1.29, 1.82) is 0 Å². The summed E-state index contributed by atoms with van der Waals surface area (Å²) in [6, 6.07) is 2.59. The minimum absolute atomic E-state index is 0.445. The van der Waals surface area contributed by atoms with Gasteiger partial charge in [-0.05, 0) is 19.9 Å². The Labute approximate surface area is 66.4 Å². The predicted octanol–water partition coefficient (Wildman–Crippen LogP) is 1.69. The van der Waals surface area contributed by atoms with Crippen LogP contribution in [0.5, 0.6) is 0 Å². The Kier molecular flexibility index (Phi) is 1.34. The van der Waals surface area contributed by atoms with E-state index >= 15 is 0 Å². The zero-order chi connectivity index (χ0) is 7.84. The van der Waals surface area contributed by atoms with Crippen LogP contribution in [-0.4, -0.2) is 17.2 Å². The van der Waals surface area contributed by atoms with Gasteiger partial charge in [0.25, 0.3) is 0 Å². The maximum Gasteiger partial charge on any atom is 0.0526 e. The molecule has 1 aromatic heterocycles. The van der Waals surface area contributed by atoms with Gasteiger partial charge in [0.05, 0.1) is 6.04 Å². The van der Waals surface area contributed by atoms with E-state index in [0.717, 1.165) is 6.42 Å². The fraction of sp³-hybridized carbons (Fsp3) is 0.444. The molecular weight excluding hydrogens is 136 g/mol. The summed E-state index contributed by atoms with van der Waals surface area (Å²) in [4.78, 5) is 7.68. The molecule has 2 heteroatoms. The number of H-pyrrole nitrogens is 1. The molecule has 0 amide bonds. The first kappa shape index (κ1) is 6.65. The first-order chi connectivity index (χ1) is 5.25. The molecule has 1 N–H and O–H groups in total. The molecule has 2 nitrogen and oxygen atoms in total. The molecule has 0 saturated heterocycles. The largest absolute Gasteiger partial charge is 0.362 e. The number of aryl methyl sites for hydroxylation is 1. The Morgan fingerprint density at radius 1 is 1.64 bits per heavy atom. The lowest BCUT2D eigenvalue weighted by atomic mass is 10.1. The van der Waals surface area contributed by atoms with Crippen LogP contribution in [0, 0.1) is 6.92 Å². The monoisotopic (exact) mass is 148 g/mol. The Hall–Kier alpha value is -1.05. The molecule has 0 radical (unpaired) electrons. The number of rotatable bonds is 0. The molecule has 0 saturated carbocycles. The standard InChI is InChI=1S/C9H12N2/c1-6-4-9-8(5-10-6)3-7(2)11-9/h3,5-6,11H,4H2,1-2H3. The minimum atomic E-state index is 0.445. The van der Waals surface area contributed by atoms with Crippen LogP contribution < -0.4 is 0 Å². The number of hydrogen-bond donors (Lipinski definition) is 1. The number of aromatic amines is 1. The normalized spacial score (nSPS) is 21.8. The van der Waals surface area contributed by atoms with Crippen LogP contribution >= 0.6 is 0 Å². The molecule has 0 spiro atoms. The Morgan fingerprint density at radius 3 is 3.27 bits per heavy atom. The SMILES string of the molecule is Cc1cc2c([nH]1)CC(C)N=C2. The van der Waals surface area contributed by atoms with Crippen LogP contribution in [0.3, 0.4) is 0 Å². The Morgan fingerprint density at radius 2 is 2.45 bits per heavy atom. The van der Waals surface area contributed by atoms with Gasteiger partial charge in [0.15, 0.2) is 0 Å². The van der Waals surface area contributed by atoms with Crippen molar-refractivity contribution < 1.29 is 0 Å². The second-order valence-electron chi connectivity index (χ2n) is 3.22. The molecular formula is C9H12N2. The maximum absolute atomic E-state index is 4.34. The fourth-order valence-electron chi connectivity index (χ4n) is 1.51. The highest BCUT2D eigenvalue weighted by Gasteiger charge is 2.11. The molecule has 1 aliphatic rings. The van der Waals surface area contributed by atoms with E-state index < -0.39 is 0 Å². The van der Waals surface area contributed by atoms with Gasteiger partial charge in [-0.3, -0.25) is 4.99 Å². The van der Waals surface area contributed by atoms with E-state index in [0.29, 0.717) is 6.04 Å². The number of fused-ring (bicyclic) bond motifs is 1. The van der Waals surface area contributed by atoms with Crippen molar-refractivity contribution >= 4 is 6.21 Å². The number of nitrogens with one attached hydrogen (secondary N) is 1. The van der Waals surface area contributed by atoms with E-state index in [1.54, 1.807) is 0 Å². The summed E-state index contributed by atoms with van der Waals surface area (Å²) in [5.41, 5.74) is 3.83. The summed E-state index contributed by atoms with van der Waals surface area (Å²) in [6.07, 6.45) is 3.02. The van der Waals surface area contributed by atoms with Crippen LogP contribution in [0.2, 0.25) is 0 Å². The van der Waals surface area contributed by atoms with Gasteiger partial charge >= 0.3 is 0 Å². The number of nitrogens with zero attached hydrogens (tertiary/aromatic N) is 1. The molecule has 0 aromatic carbocycles. The van der Waals surface area contributed by atoms with Crippen LogP contribution in [-0.2, 0) is 6.42 Å². The predicted molar refractivity (Wildman–Crippen MR) is 46.3 cm³/mol. The van der Waals surface area contributed by atoms with E-state index in [-0.39, 0.29) is 0 Å². The fourth-order valence-corrected chi connectivity index (χ4v) is 1.51. The quantitative estimate of drug-likeness (QED) is 0.580. The lowest BCUT2D eigenvalue weighted by Gasteiger charge is -2.10. The van der Waals surface area contributed by atoms with Crippen molar-refractivity contribution in [3.8, 4) is 0 Å². The summed E-state index contributed by atoms with van der Waals surface area (Å²) >= 11 is 0. The van der Waals surface area contributed by atoms with Crippen LogP contribution in [0.1, 0.15) is 23.9 Å². The van der Waals surface area contributed by atoms with Crippen molar-refractivity contribution in [1.82, 2.24) is 4.98 Å². The van der Waals surface area contributed by atoms with Crippen LogP contribution in [0.4, 0.5) is 0 Å². The molecule has 1 aromatic rings. The van der Waals surface area contributed by atoms with Crippen molar-refractivity contribution in [3.05, 3.63) is 23.0 Å². The topological polar surface area (TPSA) is 28.1 Å². The lowest BCUT2D eigenvalue weighted by molar-refractivity contribution is 0.719. The highest BCUT2D eigenvalue weighted by Crippen LogP contribution is 2.15. The average molecular weight is 148 g/mol. The zero-order valence-electron chi connectivity index (χ0n) is 6.89. The Bertz CT molecular complexity index is 297. The first-order valence-electron chi connectivity index (χ1n) is 3.97. The third kappa shape index (κ3) is 1.09. The van der Waals surface area contributed by atoms with Crippen molar-refractivity contribution in [2.45, 2.75) is 26.3 Å². The summed E-state index contributed by atoms with van der Waals surface area (Å²) in [5, 5.41) is 0. The van der Waals surface area contributed by atoms with Gasteiger partial charge in [0, 0.05) is 29.6 Å². The average Bonchev–Trinajstić information content (AvgIpc) is 2.27. The molecule has 11 heavy (non-hydrogen) atoms. The molecule has 0 bridgehead atoms. The maximum atomic E-state index is 4.34. The zero-order valence-corrected chi connectivity index (χ0v) is 6.89. The van der Waals surface area contributed by atoms with E-state index in [9.17, 15) is 0 Å². The third-order valence-electron chi connectivity index (χ3n) is 2.04. The molecule has 2 rings (SSSR count). The Balaban J connectivity index is 2.44. The van der Waals surface area contributed by atoms with Crippen LogP contribution in [0.15, 0.2) is 11.1 Å². The van der Waals surface area contributed by atoms with Crippen LogP contribution in [0.25, 0.3) is 0 Å². The van der Waals surface area contributed by atoms with Gasteiger partial charge in [0.2, 0.25) is 0 Å². The van der Waals surface area contributed by atoms with E-state index in [2.05, 4.69) is 29.9 Å².